The Labute approximate surface area is 149 Å². The minimum absolute atomic E-state index is 0.115. The monoisotopic (exact) mass is 369 g/mol. The summed E-state index contributed by atoms with van der Waals surface area (Å²) in [7, 11) is -3.62. The summed E-state index contributed by atoms with van der Waals surface area (Å²) in [5.74, 6) is 0. The molecule has 0 saturated heterocycles. The van der Waals surface area contributed by atoms with Gasteiger partial charge in [0.2, 0.25) is 10.0 Å². The molecule has 140 valence electrons. The van der Waals surface area contributed by atoms with E-state index in [4.69, 9.17) is 0 Å². The van der Waals surface area contributed by atoms with Gasteiger partial charge in [0.25, 0.3) is 0 Å². The highest BCUT2D eigenvalue weighted by molar-refractivity contribution is 7.89. The Bertz CT molecular complexity index is 704. The van der Waals surface area contributed by atoms with Gasteiger partial charge in [-0.25, -0.2) is 17.9 Å². The van der Waals surface area contributed by atoms with Crippen LogP contribution in [0, 0.1) is 0 Å². The highest BCUT2D eigenvalue weighted by Crippen LogP contribution is 2.22. The van der Waals surface area contributed by atoms with Crippen LogP contribution in [0.5, 0.6) is 0 Å². The number of nitrogens with one attached hydrogen (secondary N) is 2. The van der Waals surface area contributed by atoms with Crippen molar-refractivity contribution in [2.45, 2.75) is 50.7 Å². The Kier molecular flexibility index (Phi) is 6.80. The van der Waals surface area contributed by atoms with Gasteiger partial charge in [0.05, 0.1) is 11.0 Å². The van der Waals surface area contributed by atoms with Gasteiger partial charge < -0.3 is 15.3 Å². The molecule has 2 amide bonds. The second-order valence-corrected chi connectivity index (χ2v) is 8.14. The molecule has 0 aliphatic carbocycles. The van der Waals surface area contributed by atoms with Gasteiger partial charge in [-0.3, -0.25) is 0 Å². The molecule has 1 aromatic carbocycles. The van der Waals surface area contributed by atoms with Crippen LogP contribution in [-0.4, -0.2) is 50.2 Å². The maximum atomic E-state index is 12.4. The van der Waals surface area contributed by atoms with E-state index in [1.54, 1.807) is 24.0 Å². The minimum atomic E-state index is -3.62. The number of nitrogens with zero attached hydrogens (tertiary/aromatic N) is 1. The number of hydrogen-bond donors (Lipinski definition) is 3. The third-order valence-electron chi connectivity index (χ3n) is 4.17. The van der Waals surface area contributed by atoms with Crippen molar-refractivity contribution in [2.75, 3.05) is 19.6 Å². The number of fused-ring (bicyclic) bond motifs is 1. The number of aliphatic hydroxyl groups is 1. The molecular weight excluding hydrogens is 342 g/mol. The molecule has 2 rings (SSSR count). The van der Waals surface area contributed by atoms with Crippen molar-refractivity contribution in [1.29, 1.82) is 0 Å². The summed E-state index contributed by atoms with van der Waals surface area (Å²) in [6, 6.07) is 4.94. The van der Waals surface area contributed by atoms with E-state index in [0.717, 1.165) is 17.5 Å². The molecular formula is C17H27N3O4S. The first-order valence-corrected chi connectivity index (χ1v) is 10.1. The zero-order chi connectivity index (χ0) is 18.4. The van der Waals surface area contributed by atoms with Crippen LogP contribution in [0.15, 0.2) is 23.1 Å². The lowest BCUT2D eigenvalue weighted by atomic mass is 10.0. The summed E-state index contributed by atoms with van der Waals surface area (Å²) in [6.07, 6.45) is 1.39. The maximum Gasteiger partial charge on any atom is 0.317 e. The van der Waals surface area contributed by atoms with Crippen LogP contribution in [0.3, 0.4) is 0 Å². The molecule has 1 aromatic rings. The lowest BCUT2D eigenvalue weighted by Crippen LogP contribution is -2.43. The first kappa shape index (κ1) is 19.7. The van der Waals surface area contributed by atoms with Crippen LogP contribution >= 0.6 is 0 Å². The zero-order valence-corrected chi connectivity index (χ0v) is 15.6. The summed E-state index contributed by atoms with van der Waals surface area (Å²) in [6.45, 7) is 5.45. The van der Waals surface area contributed by atoms with Crippen LogP contribution in [0.25, 0.3) is 0 Å². The van der Waals surface area contributed by atoms with Gasteiger partial charge in [-0.15, -0.1) is 0 Å². The second-order valence-electron chi connectivity index (χ2n) is 6.37. The number of carbonyl (C=O) groups excluding carboxylic acids is 1. The highest BCUT2D eigenvalue weighted by atomic mass is 32.2. The summed E-state index contributed by atoms with van der Waals surface area (Å²) in [5.41, 5.74) is 1.93. The zero-order valence-electron chi connectivity index (χ0n) is 14.8. The fraction of sp³-hybridized carbons (Fsp3) is 0.588. The van der Waals surface area contributed by atoms with Gasteiger partial charge in [-0.2, -0.15) is 0 Å². The normalized spacial score (nSPS) is 15.6. The molecule has 0 radical (unpaired) electrons. The number of aliphatic hydroxyl groups excluding tert-OH is 1. The first-order chi connectivity index (χ1) is 11.8. The topological polar surface area (TPSA) is 98.7 Å². The molecule has 7 nitrogen and oxygen atoms in total. The molecule has 0 aromatic heterocycles. The predicted octanol–water partition coefficient (Wildman–Crippen LogP) is 1.21. The van der Waals surface area contributed by atoms with E-state index < -0.39 is 16.1 Å². The van der Waals surface area contributed by atoms with E-state index in [-0.39, 0.29) is 17.5 Å². The van der Waals surface area contributed by atoms with Gasteiger partial charge in [-0.1, -0.05) is 13.0 Å². The Hall–Kier alpha value is -1.64. The van der Waals surface area contributed by atoms with Gasteiger partial charge >= 0.3 is 6.03 Å². The van der Waals surface area contributed by atoms with E-state index in [1.807, 2.05) is 13.0 Å². The van der Waals surface area contributed by atoms with E-state index in [0.29, 0.717) is 32.5 Å². The number of amides is 2. The fourth-order valence-electron chi connectivity index (χ4n) is 2.70. The van der Waals surface area contributed by atoms with Crippen molar-refractivity contribution in [3.8, 4) is 0 Å². The summed E-state index contributed by atoms with van der Waals surface area (Å²) in [4.78, 5) is 14.0. The van der Waals surface area contributed by atoms with E-state index in [9.17, 15) is 18.3 Å². The van der Waals surface area contributed by atoms with Crippen LogP contribution in [-0.2, 0) is 23.0 Å². The number of hydrogen-bond acceptors (Lipinski definition) is 4. The molecule has 0 spiro atoms. The molecule has 25 heavy (non-hydrogen) atoms. The van der Waals surface area contributed by atoms with Gasteiger partial charge in [0.15, 0.2) is 0 Å². The van der Waals surface area contributed by atoms with E-state index >= 15 is 0 Å². The third kappa shape index (κ3) is 5.42. The molecule has 0 bridgehead atoms. The molecule has 0 saturated carbocycles. The smallest absolute Gasteiger partial charge is 0.317 e. The van der Waals surface area contributed by atoms with Crippen LogP contribution < -0.4 is 10.0 Å². The molecule has 1 atom stereocenters. The van der Waals surface area contributed by atoms with E-state index in [1.165, 1.54) is 0 Å². The number of benzene rings is 1. The second kappa shape index (κ2) is 8.64. The molecule has 0 fully saturated rings. The summed E-state index contributed by atoms with van der Waals surface area (Å²) >= 11 is 0. The highest BCUT2D eigenvalue weighted by Gasteiger charge is 2.23. The summed E-state index contributed by atoms with van der Waals surface area (Å²) in [5, 5.41) is 12.1. The van der Waals surface area contributed by atoms with Crippen LogP contribution in [0.4, 0.5) is 4.79 Å². The van der Waals surface area contributed by atoms with Gasteiger partial charge in [0.1, 0.15) is 0 Å². The SMILES string of the molecule is CCCNC(=O)N1CCc2ccc(S(=O)(=O)NCC[C@H](C)O)cc2C1. The quantitative estimate of drug-likeness (QED) is 0.673. The Morgan fingerprint density at radius 2 is 2.08 bits per heavy atom. The van der Waals surface area contributed by atoms with Crippen LogP contribution in [0.1, 0.15) is 37.8 Å². The van der Waals surface area contributed by atoms with Crippen molar-refractivity contribution in [1.82, 2.24) is 14.9 Å². The molecule has 0 unspecified atom stereocenters. The maximum absolute atomic E-state index is 12.4. The van der Waals surface area contributed by atoms with E-state index in [2.05, 4.69) is 10.0 Å². The predicted molar refractivity (Wildman–Crippen MR) is 95.7 cm³/mol. The average Bonchev–Trinajstić information content (AvgIpc) is 2.58. The lowest BCUT2D eigenvalue weighted by molar-refractivity contribution is 0.186. The molecule has 1 heterocycles. The number of carbonyl (C=O) groups is 1. The van der Waals surface area contributed by atoms with Crippen LogP contribution in [0.2, 0.25) is 0 Å². The first-order valence-electron chi connectivity index (χ1n) is 8.65. The Balaban J connectivity index is 2.09. The molecule has 3 N–H and O–H groups in total. The average molecular weight is 369 g/mol. The fourth-order valence-corrected chi connectivity index (χ4v) is 3.80. The Morgan fingerprint density at radius 1 is 1.32 bits per heavy atom. The Morgan fingerprint density at radius 3 is 2.76 bits per heavy atom. The number of rotatable bonds is 7. The van der Waals surface area contributed by atoms with Crippen molar-refractivity contribution >= 4 is 16.1 Å². The molecule has 1 aliphatic heterocycles. The number of urea groups is 1. The van der Waals surface area contributed by atoms with Gasteiger partial charge in [-0.05, 0) is 49.4 Å². The third-order valence-corrected chi connectivity index (χ3v) is 5.63. The largest absolute Gasteiger partial charge is 0.393 e. The standard InChI is InChI=1S/C17H27N3O4S/c1-3-8-18-17(22)20-10-7-14-4-5-16(11-15(14)12-20)25(23,24)19-9-6-13(2)21/h4-5,11,13,19,21H,3,6-10,12H2,1-2H3,(H,18,22)/t13-/m0/s1. The number of sulfonamides is 1. The van der Waals surface area contributed by atoms with Crippen molar-refractivity contribution in [3.63, 3.8) is 0 Å². The minimum Gasteiger partial charge on any atom is -0.393 e. The van der Waals surface area contributed by atoms with Crippen molar-refractivity contribution in [3.05, 3.63) is 29.3 Å². The molecule has 8 heteroatoms. The van der Waals surface area contributed by atoms with Gasteiger partial charge in [0, 0.05) is 26.2 Å². The van der Waals surface area contributed by atoms with Crippen molar-refractivity contribution < 1.29 is 18.3 Å². The summed E-state index contributed by atoms with van der Waals surface area (Å²) < 4.78 is 27.2. The molecule has 1 aliphatic rings. The van der Waals surface area contributed by atoms with Crippen molar-refractivity contribution in [2.24, 2.45) is 0 Å². The lowest BCUT2D eigenvalue weighted by Gasteiger charge is -2.29.